The van der Waals surface area contributed by atoms with Crippen LogP contribution in [0.1, 0.15) is 87.0 Å². The van der Waals surface area contributed by atoms with Gasteiger partial charge in [-0.3, -0.25) is 14.7 Å². The molecule has 0 spiro atoms. The van der Waals surface area contributed by atoms with E-state index < -0.39 is 17.8 Å². The van der Waals surface area contributed by atoms with Crippen molar-refractivity contribution in [3.8, 4) is 0 Å². The summed E-state index contributed by atoms with van der Waals surface area (Å²) in [6.07, 6.45) is 7.32. The van der Waals surface area contributed by atoms with Gasteiger partial charge in [-0.1, -0.05) is 19.9 Å². The molecule has 2 aromatic rings. The smallest absolute Gasteiger partial charge is 0.325 e. The van der Waals surface area contributed by atoms with Gasteiger partial charge >= 0.3 is 5.97 Å². The highest BCUT2D eigenvalue weighted by molar-refractivity contribution is 5.76. The lowest BCUT2D eigenvalue weighted by Gasteiger charge is -2.36. The maximum Gasteiger partial charge on any atom is 0.325 e. The molecule has 2 unspecified atom stereocenters. The Hall–Kier alpha value is -2.55. The fourth-order valence-electron chi connectivity index (χ4n) is 6.11. The van der Waals surface area contributed by atoms with Crippen LogP contribution in [0.25, 0.3) is 0 Å². The van der Waals surface area contributed by atoms with Gasteiger partial charge in [0.15, 0.2) is 0 Å². The molecule has 4 heterocycles. The Kier molecular flexibility index (Phi) is 8.84. The predicted molar refractivity (Wildman–Crippen MR) is 148 cm³/mol. The topological polar surface area (TPSA) is 83.9 Å². The maximum absolute atomic E-state index is 14.4. The SMILES string of the molecule is CC1(C)CCC(c2ccc(F)cc2C(C(=O)O)N2CC[C@@H](OCCCCc3ccc4c(n3)CCCN4)C2)OC1. The lowest BCUT2D eigenvalue weighted by atomic mass is 9.82. The zero-order valence-electron chi connectivity index (χ0n) is 23.3. The first-order chi connectivity index (χ1) is 18.8. The number of nitrogens with one attached hydrogen (secondary N) is 1. The van der Waals surface area contributed by atoms with Crippen molar-refractivity contribution in [1.82, 2.24) is 9.88 Å². The molecule has 0 radical (unpaired) electrons. The molecule has 8 heteroatoms. The Balaban J connectivity index is 1.14. The number of ether oxygens (including phenoxy) is 2. The summed E-state index contributed by atoms with van der Waals surface area (Å²) in [6, 6.07) is 7.83. The Morgan fingerprint density at radius 2 is 2.15 bits per heavy atom. The highest BCUT2D eigenvalue weighted by Gasteiger charge is 2.38. The number of hydrogen-bond acceptors (Lipinski definition) is 6. The molecule has 2 N–H and O–H groups in total. The minimum absolute atomic E-state index is 0.0245. The monoisotopic (exact) mass is 539 g/mol. The molecular weight excluding hydrogens is 497 g/mol. The number of benzene rings is 1. The minimum Gasteiger partial charge on any atom is -0.480 e. The van der Waals surface area contributed by atoms with Gasteiger partial charge in [-0.25, -0.2) is 4.39 Å². The number of carboxylic acids is 1. The van der Waals surface area contributed by atoms with Crippen LogP contribution < -0.4 is 5.32 Å². The summed E-state index contributed by atoms with van der Waals surface area (Å²) in [7, 11) is 0. The lowest BCUT2D eigenvalue weighted by Crippen LogP contribution is -2.35. The summed E-state index contributed by atoms with van der Waals surface area (Å²) in [4.78, 5) is 19.2. The fraction of sp³-hybridized carbons (Fsp3) is 0.613. The van der Waals surface area contributed by atoms with Crippen molar-refractivity contribution >= 4 is 11.7 Å². The number of rotatable bonds is 10. The lowest BCUT2D eigenvalue weighted by molar-refractivity contribution is -0.143. The van der Waals surface area contributed by atoms with Gasteiger partial charge in [-0.2, -0.15) is 0 Å². The molecule has 5 rings (SSSR count). The van der Waals surface area contributed by atoms with E-state index in [-0.39, 0.29) is 17.6 Å². The van der Waals surface area contributed by atoms with Crippen LogP contribution in [0, 0.1) is 11.2 Å². The van der Waals surface area contributed by atoms with Gasteiger partial charge in [-0.05, 0) is 92.2 Å². The second-order valence-electron chi connectivity index (χ2n) is 12.1. The number of nitrogens with zero attached hydrogens (tertiary/aromatic N) is 2. The summed E-state index contributed by atoms with van der Waals surface area (Å²) in [5, 5.41) is 13.6. The summed E-state index contributed by atoms with van der Waals surface area (Å²) < 4.78 is 26.7. The van der Waals surface area contributed by atoms with Crippen molar-refractivity contribution in [3.63, 3.8) is 0 Å². The molecule has 1 aromatic carbocycles. The van der Waals surface area contributed by atoms with E-state index in [1.165, 1.54) is 23.5 Å². The number of likely N-dealkylation sites (tertiary alicyclic amines) is 1. The van der Waals surface area contributed by atoms with Gasteiger partial charge in [-0.15, -0.1) is 0 Å². The third kappa shape index (κ3) is 6.97. The Labute approximate surface area is 231 Å². The highest BCUT2D eigenvalue weighted by atomic mass is 19.1. The Morgan fingerprint density at radius 1 is 1.28 bits per heavy atom. The number of aliphatic carboxylic acids is 1. The third-order valence-corrected chi connectivity index (χ3v) is 8.34. The molecule has 0 amide bonds. The number of halogens is 1. The Bertz CT molecular complexity index is 1150. The van der Waals surface area contributed by atoms with Crippen molar-refractivity contribution in [2.45, 2.75) is 83.5 Å². The predicted octanol–water partition coefficient (Wildman–Crippen LogP) is 5.70. The highest BCUT2D eigenvalue weighted by Crippen LogP contribution is 2.41. The summed E-state index contributed by atoms with van der Waals surface area (Å²) >= 11 is 0. The third-order valence-electron chi connectivity index (χ3n) is 8.34. The van der Waals surface area contributed by atoms with Crippen molar-refractivity contribution < 1.29 is 23.8 Å². The molecule has 3 aliphatic heterocycles. The van der Waals surface area contributed by atoms with Crippen LogP contribution in [0.5, 0.6) is 0 Å². The number of unbranched alkanes of at least 4 members (excludes halogenated alkanes) is 1. The molecule has 3 aliphatic rings. The molecular formula is C31H42FN3O4. The van der Waals surface area contributed by atoms with E-state index in [4.69, 9.17) is 14.5 Å². The maximum atomic E-state index is 14.4. The number of pyridine rings is 1. The van der Waals surface area contributed by atoms with E-state index in [1.807, 2.05) is 4.90 Å². The van der Waals surface area contributed by atoms with Gasteiger partial charge in [0.1, 0.15) is 11.9 Å². The van der Waals surface area contributed by atoms with Crippen molar-refractivity contribution in [1.29, 1.82) is 0 Å². The number of carbonyl (C=O) groups is 1. The molecule has 1 aromatic heterocycles. The van der Waals surface area contributed by atoms with Gasteiger partial charge < -0.3 is 19.9 Å². The molecule has 2 fully saturated rings. The van der Waals surface area contributed by atoms with E-state index >= 15 is 0 Å². The number of hydrogen-bond donors (Lipinski definition) is 2. The fourth-order valence-corrected chi connectivity index (χ4v) is 6.11. The number of aryl methyl sites for hydroxylation is 2. The number of anilines is 1. The molecule has 0 aliphatic carbocycles. The molecule has 0 saturated carbocycles. The number of carboxylic acid groups (broad SMARTS) is 1. The van der Waals surface area contributed by atoms with Crippen LogP contribution in [0.15, 0.2) is 30.3 Å². The summed E-state index contributed by atoms with van der Waals surface area (Å²) in [5.74, 6) is -1.39. The Morgan fingerprint density at radius 3 is 2.95 bits per heavy atom. The standard InChI is InChI=1S/C31H42FN3O4/c1-31(2)14-12-28(39-20-31)24-10-8-21(32)18-25(24)29(30(36)37)35-16-13-23(19-35)38-17-4-3-6-22-9-11-26-27(34-22)7-5-15-33-26/h8-11,18,23,28-29,33H,3-7,12-17,19-20H2,1-2H3,(H,36,37)/t23-,28?,29?/m1/s1. The second-order valence-corrected chi connectivity index (χ2v) is 12.1. The second kappa shape index (κ2) is 12.3. The van der Waals surface area contributed by atoms with Crippen LogP contribution in [-0.4, -0.2) is 59.9 Å². The van der Waals surface area contributed by atoms with Crippen molar-refractivity contribution in [2.24, 2.45) is 5.41 Å². The van der Waals surface area contributed by atoms with E-state index in [0.717, 1.165) is 69.2 Å². The van der Waals surface area contributed by atoms with Crippen LogP contribution in [-0.2, 0) is 27.1 Å². The molecule has 39 heavy (non-hydrogen) atoms. The average Bonchev–Trinajstić information content (AvgIpc) is 3.37. The van der Waals surface area contributed by atoms with Gasteiger partial charge in [0.25, 0.3) is 0 Å². The zero-order valence-corrected chi connectivity index (χ0v) is 23.3. The molecule has 0 bridgehead atoms. The van der Waals surface area contributed by atoms with E-state index in [0.29, 0.717) is 31.9 Å². The first-order valence-electron chi connectivity index (χ1n) is 14.5. The first kappa shape index (κ1) is 28.0. The zero-order chi connectivity index (χ0) is 27.4. The largest absolute Gasteiger partial charge is 0.480 e. The molecule has 212 valence electrons. The first-order valence-corrected chi connectivity index (χ1v) is 14.5. The van der Waals surface area contributed by atoms with Crippen molar-refractivity contribution in [2.75, 3.05) is 38.2 Å². The summed E-state index contributed by atoms with van der Waals surface area (Å²) in [6.45, 7) is 7.72. The summed E-state index contributed by atoms with van der Waals surface area (Å²) in [5.41, 5.74) is 4.85. The van der Waals surface area contributed by atoms with Crippen molar-refractivity contribution in [3.05, 3.63) is 58.7 Å². The van der Waals surface area contributed by atoms with Crippen LogP contribution in [0.2, 0.25) is 0 Å². The quantitative estimate of drug-likeness (QED) is 0.375. The van der Waals surface area contributed by atoms with Crippen LogP contribution >= 0.6 is 0 Å². The van der Waals surface area contributed by atoms with Gasteiger partial charge in [0.2, 0.25) is 0 Å². The van der Waals surface area contributed by atoms with E-state index in [9.17, 15) is 14.3 Å². The molecule has 3 atom stereocenters. The number of fused-ring (bicyclic) bond motifs is 1. The molecule has 2 saturated heterocycles. The van der Waals surface area contributed by atoms with Gasteiger partial charge in [0, 0.05) is 31.9 Å². The minimum atomic E-state index is -0.966. The van der Waals surface area contributed by atoms with Gasteiger partial charge in [0.05, 0.1) is 30.2 Å². The van der Waals surface area contributed by atoms with Crippen LogP contribution in [0.3, 0.4) is 0 Å². The van der Waals surface area contributed by atoms with E-state index in [2.05, 4.69) is 31.3 Å². The number of aromatic nitrogens is 1. The average molecular weight is 540 g/mol. The normalized spacial score (nSPS) is 23.7. The van der Waals surface area contributed by atoms with E-state index in [1.54, 1.807) is 6.07 Å². The molecule has 7 nitrogen and oxygen atoms in total. The van der Waals surface area contributed by atoms with Crippen LogP contribution in [0.4, 0.5) is 10.1 Å².